The molecule has 0 spiro atoms. The van der Waals surface area contributed by atoms with E-state index >= 15 is 0 Å². The molecule has 0 saturated heterocycles. The van der Waals surface area contributed by atoms with Gasteiger partial charge in [-0.1, -0.05) is 49.7 Å². The van der Waals surface area contributed by atoms with Crippen molar-refractivity contribution in [1.82, 2.24) is 0 Å². The fraction of sp³-hybridized carbons (Fsp3) is 0.303. The minimum Gasteiger partial charge on any atom is -0.497 e. The molecule has 218 valence electrons. The second-order valence-electron chi connectivity index (χ2n) is 11.3. The summed E-state index contributed by atoms with van der Waals surface area (Å²) in [5, 5.41) is 3.74. The Kier molecular flexibility index (Phi) is 8.01. The maximum Gasteiger partial charge on any atom is 0.308 e. The molecule has 3 aromatic carbocycles. The van der Waals surface area contributed by atoms with Crippen molar-refractivity contribution in [3.05, 3.63) is 88.1 Å². The number of esters is 1. The largest absolute Gasteiger partial charge is 0.497 e. The van der Waals surface area contributed by atoms with Gasteiger partial charge in [-0.3, -0.25) is 19.3 Å². The van der Waals surface area contributed by atoms with Crippen LogP contribution in [-0.4, -0.2) is 24.8 Å². The molecule has 0 saturated carbocycles. The van der Waals surface area contributed by atoms with Crippen LogP contribution in [-0.2, 0) is 21.0 Å². The number of carbonyl (C=O) groups excluding carboxylic acids is 3. The van der Waals surface area contributed by atoms with E-state index in [2.05, 4.69) is 5.32 Å². The Bertz CT molecular complexity index is 1590. The van der Waals surface area contributed by atoms with Crippen molar-refractivity contribution in [2.24, 2.45) is 5.41 Å². The van der Waals surface area contributed by atoms with Crippen molar-refractivity contribution < 1.29 is 28.6 Å². The number of methoxy groups -OCH3 is 1. The number of ketones is 1. The molecule has 1 heterocycles. The van der Waals surface area contributed by atoms with E-state index in [0.29, 0.717) is 58.4 Å². The quantitative estimate of drug-likeness (QED) is 0.244. The number of Topliss-reactive ketones (excluding diaryl/α,β-unsaturated/α-hetero) is 1. The van der Waals surface area contributed by atoms with Crippen molar-refractivity contribution in [3.8, 4) is 17.2 Å². The number of halogens is 1. The number of anilines is 2. The summed E-state index contributed by atoms with van der Waals surface area (Å²) >= 11 is 6.91. The van der Waals surface area contributed by atoms with Crippen LogP contribution in [0.25, 0.3) is 0 Å². The maximum absolute atomic E-state index is 13.8. The minimum absolute atomic E-state index is 0.0808. The molecule has 8 nitrogen and oxygen atoms in total. The third kappa shape index (κ3) is 5.85. The van der Waals surface area contributed by atoms with Gasteiger partial charge in [0, 0.05) is 36.6 Å². The summed E-state index contributed by atoms with van der Waals surface area (Å²) in [4.78, 5) is 40.7. The van der Waals surface area contributed by atoms with Crippen LogP contribution in [0.1, 0.15) is 57.7 Å². The highest BCUT2D eigenvalue weighted by atomic mass is 35.5. The molecule has 1 atom stereocenters. The SMILES string of the molecule is COc1ccc(COc2ccc(C3C4=C(CC(C)(C)CC4=O)Nc4c(OC(C)=O)cccc4N3C(C)=O)c(Cl)c2)cc1. The Morgan fingerprint density at radius 1 is 1.02 bits per heavy atom. The topological polar surface area (TPSA) is 94.2 Å². The Morgan fingerprint density at radius 3 is 2.38 bits per heavy atom. The summed E-state index contributed by atoms with van der Waals surface area (Å²) in [5.41, 5.74) is 3.26. The highest BCUT2D eigenvalue weighted by Gasteiger charge is 2.44. The summed E-state index contributed by atoms with van der Waals surface area (Å²) < 4.78 is 16.7. The first-order valence-corrected chi connectivity index (χ1v) is 14.0. The molecule has 3 aromatic rings. The fourth-order valence-electron chi connectivity index (χ4n) is 5.62. The second-order valence-corrected chi connectivity index (χ2v) is 11.7. The average molecular weight is 589 g/mol. The van der Waals surface area contributed by atoms with E-state index < -0.39 is 12.0 Å². The summed E-state index contributed by atoms with van der Waals surface area (Å²) in [6.45, 7) is 7.14. The van der Waals surface area contributed by atoms with Gasteiger partial charge in [-0.15, -0.1) is 0 Å². The summed E-state index contributed by atoms with van der Waals surface area (Å²) in [5.74, 6) is 0.692. The molecule has 1 aliphatic heterocycles. The Labute approximate surface area is 250 Å². The predicted molar refractivity (Wildman–Crippen MR) is 161 cm³/mol. The van der Waals surface area contributed by atoms with Crippen LogP contribution in [0.4, 0.5) is 11.4 Å². The van der Waals surface area contributed by atoms with E-state index in [0.717, 1.165) is 11.3 Å². The number of fused-ring (bicyclic) bond motifs is 1. The van der Waals surface area contributed by atoms with Crippen molar-refractivity contribution in [2.75, 3.05) is 17.3 Å². The number of nitrogens with one attached hydrogen (secondary N) is 1. The number of nitrogens with zero attached hydrogens (tertiary/aromatic N) is 1. The van der Waals surface area contributed by atoms with Gasteiger partial charge in [0.15, 0.2) is 11.5 Å². The molecule has 0 radical (unpaired) electrons. The smallest absolute Gasteiger partial charge is 0.308 e. The van der Waals surface area contributed by atoms with E-state index in [9.17, 15) is 14.4 Å². The third-order valence-electron chi connectivity index (χ3n) is 7.42. The molecule has 0 aromatic heterocycles. The Hall–Kier alpha value is -4.30. The predicted octanol–water partition coefficient (Wildman–Crippen LogP) is 7.02. The number of rotatable bonds is 6. The molecular formula is C33H33ClN2O6. The van der Waals surface area contributed by atoms with Gasteiger partial charge in [0.05, 0.1) is 18.8 Å². The average Bonchev–Trinajstić information content (AvgIpc) is 3.06. The number of amides is 1. The number of ether oxygens (including phenoxy) is 3. The van der Waals surface area contributed by atoms with Crippen molar-refractivity contribution >= 4 is 40.6 Å². The highest BCUT2D eigenvalue weighted by Crippen LogP contribution is 2.51. The number of benzene rings is 3. The molecule has 2 aliphatic rings. The third-order valence-corrected chi connectivity index (χ3v) is 7.74. The Morgan fingerprint density at radius 2 is 1.74 bits per heavy atom. The van der Waals surface area contributed by atoms with E-state index in [1.54, 1.807) is 48.4 Å². The van der Waals surface area contributed by atoms with Gasteiger partial charge in [0.2, 0.25) is 5.91 Å². The number of carbonyl (C=O) groups is 3. The highest BCUT2D eigenvalue weighted by molar-refractivity contribution is 6.31. The molecule has 0 bridgehead atoms. The molecule has 1 amide bonds. The Balaban J connectivity index is 1.60. The van der Waals surface area contributed by atoms with Gasteiger partial charge >= 0.3 is 5.97 Å². The molecule has 0 fully saturated rings. The lowest BCUT2D eigenvalue weighted by atomic mass is 9.73. The monoisotopic (exact) mass is 588 g/mol. The number of allylic oxidation sites excluding steroid dienone is 1. The molecule has 1 N–H and O–H groups in total. The van der Waals surface area contributed by atoms with Crippen LogP contribution >= 0.6 is 11.6 Å². The summed E-state index contributed by atoms with van der Waals surface area (Å²) in [6, 6.07) is 17.2. The van der Waals surface area contributed by atoms with Gasteiger partial charge in [0.1, 0.15) is 23.8 Å². The lowest BCUT2D eigenvalue weighted by Gasteiger charge is -2.37. The summed E-state index contributed by atoms with van der Waals surface area (Å²) in [7, 11) is 1.62. The molecule has 1 unspecified atom stereocenters. The minimum atomic E-state index is -0.814. The van der Waals surface area contributed by atoms with E-state index in [-0.39, 0.29) is 22.9 Å². The van der Waals surface area contributed by atoms with E-state index in [1.165, 1.54) is 13.8 Å². The normalized spacial score (nSPS) is 17.4. The number of hydrogen-bond donors (Lipinski definition) is 1. The number of para-hydroxylation sites is 1. The van der Waals surface area contributed by atoms with Gasteiger partial charge in [-0.05, 0) is 59.4 Å². The molecular weight excluding hydrogens is 556 g/mol. The van der Waals surface area contributed by atoms with Gasteiger partial charge in [-0.2, -0.15) is 0 Å². The van der Waals surface area contributed by atoms with Crippen molar-refractivity contribution in [3.63, 3.8) is 0 Å². The molecule has 1 aliphatic carbocycles. The lowest BCUT2D eigenvalue weighted by molar-refractivity contribution is -0.131. The summed E-state index contributed by atoms with van der Waals surface area (Å²) in [6.07, 6.45) is 0.856. The van der Waals surface area contributed by atoms with Crippen molar-refractivity contribution in [2.45, 2.75) is 53.2 Å². The van der Waals surface area contributed by atoms with Gasteiger partial charge in [0.25, 0.3) is 0 Å². The zero-order chi connectivity index (χ0) is 30.2. The first-order chi connectivity index (χ1) is 20.0. The lowest BCUT2D eigenvalue weighted by Crippen LogP contribution is -2.38. The van der Waals surface area contributed by atoms with Crippen LogP contribution in [0, 0.1) is 5.41 Å². The molecule has 42 heavy (non-hydrogen) atoms. The zero-order valence-corrected chi connectivity index (χ0v) is 25.0. The van der Waals surface area contributed by atoms with E-state index in [1.807, 2.05) is 38.1 Å². The van der Waals surface area contributed by atoms with Gasteiger partial charge < -0.3 is 19.5 Å². The van der Waals surface area contributed by atoms with Crippen molar-refractivity contribution in [1.29, 1.82) is 0 Å². The van der Waals surface area contributed by atoms with E-state index in [4.69, 9.17) is 25.8 Å². The first kappa shape index (κ1) is 29.2. The molecule has 9 heteroatoms. The van der Waals surface area contributed by atoms with Crippen LogP contribution in [0.3, 0.4) is 0 Å². The maximum atomic E-state index is 13.8. The zero-order valence-electron chi connectivity index (χ0n) is 24.2. The standard InChI is InChI=1S/C33H33ClN2O6/c1-19(37)36-27-7-6-8-29(42-20(2)38)31(27)35-26-16-33(3,4)17-28(39)30(26)32(36)24-14-13-23(15-25(24)34)41-18-21-9-11-22(40-5)12-10-21/h6-15,32,35H,16-18H2,1-5H3. The van der Waals surface area contributed by atoms with Gasteiger partial charge in [-0.25, -0.2) is 0 Å². The second kappa shape index (κ2) is 11.5. The van der Waals surface area contributed by atoms with Crippen LogP contribution in [0.2, 0.25) is 5.02 Å². The van der Waals surface area contributed by atoms with Crippen LogP contribution in [0.5, 0.6) is 17.2 Å². The van der Waals surface area contributed by atoms with Crippen LogP contribution in [0.15, 0.2) is 71.9 Å². The fourth-order valence-corrected chi connectivity index (χ4v) is 5.90. The van der Waals surface area contributed by atoms with Crippen LogP contribution < -0.4 is 24.4 Å². The first-order valence-electron chi connectivity index (χ1n) is 13.7. The molecule has 5 rings (SSSR count). The number of hydrogen-bond acceptors (Lipinski definition) is 7.